The van der Waals surface area contributed by atoms with Gasteiger partial charge in [-0.25, -0.2) is 4.68 Å². The Bertz CT molecular complexity index is 1070. The number of hydrogen-bond acceptors (Lipinski definition) is 7. The number of hydrogen-bond donors (Lipinski definition) is 2. The number of nitrogens with two attached hydrogens (primary N) is 1. The number of carbonyl (C=O) groups excluding carboxylic acids is 1. The fourth-order valence-corrected chi connectivity index (χ4v) is 3.32. The molecule has 1 atom stereocenters. The maximum absolute atomic E-state index is 12.3. The van der Waals surface area contributed by atoms with Crippen molar-refractivity contribution in [2.24, 2.45) is 5.73 Å². The summed E-state index contributed by atoms with van der Waals surface area (Å²) in [6.07, 6.45) is 1.55. The summed E-state index contributed by atoms with van der Waals surface area (Å²) in [5.41, 5.74) is 7.34. The average Bonchev–Trinajstić information content (AvgIpc) is 3.35. The molecule has 1 aromatic carbocycles. The van der Waals surface area contributed by atoms with Crippen molar-refractivity contribution in [3.63, 3.8) is 0 Å². The number of allylic oxidation sites excluding steroid dienone is 1. The van der Waals surface area contributed by atoms with Crippen LogP contribution >= 0.6 is 0 Å². The number of rotatable bonds is 5. The van der Waals surface area contributed by atoms with E-state index in [1.807, 2.05) is 0 Å². The molecule has 1 amide bonds. The molecular weight excluding hydrogens is 362 g/mol. The highest BCUT2D eigenvalue weighted by Gasteiger charge is 2.35. The molecule has 1 unspecified atom stereocenters. The number of anilines is 1. The van der Waals surface area contributed by atoms with Gasteiger partial charge in [0.2, 0.25) is 17.7 Å². The van der Waals surface area contributed by atoms with Gasteiger partial charge >= 0.3 is 0 Å². The average molecular weight is 381 g/mol. The minimum absolute atomic E-state index is 0.356. The largest absolute Gasteiger partial charge is 0.497 e. The molecule has 3 N–H and O–H groups in total. The third-order valence-corrected chi connectivity index (χ3v) is 4.59. The van der Waals surface area contributed by atoms with Gasteiger partial charge in [-0.15, -0.1) is 5.10 Å². The Morgan fingerprint density at radius 2 is 2.11 bits per heavy atom. The topological polar surface area (TPSA) is 117 Å². The molecular formula is C19H19N5O4. The van der Waals surface area contributed by atoms with Gasteiger partial charge < -0.3 is 24.9 Å². The van der Waals surface area contributed by atoms with Crippen LogP contribution in [0.25, 0.3) is 11.6 Å². The monoisotopic (exact) mass is 381 g/mol. The van der Waals surface area contributed by atoms with Crippen molar-refractivity contribution in [2.45, 2.75) is 13.0 Å². The van der Waals surface area contributed by atoms with Gasteiger partial charge in [0.25, 0.3) is 0 Å². The van der Waals surface area contributed by atoms with Crippen LogP contribution in [0.3, 0.4) is 0 Å². The van der Waals surface area contributed by atoms with Crippen LogP contribution in [0.2, 0.25) is 0 Å². The fourth-order valence-electron chi connectivity index (χ4n) is 3.32. The van der Waals surface area contributed by atoms with Gasteiger partial charge in [-0.2, -0.15) is 4.98 Å². The summed E-state index contributed by atoms with van der Waals surface area (Å²) in [5.74, 6) is 1.98. The van der Waals surface area contributed by atoms with Crippen LogP contribution in [0.1, 0.15) is 18.5 Å². The summed E-state index contributed by atoms with van der Waals surface area (Å²) in [5, 5.41) is 7.65. The van der Waals surface area contributed by atoms with E-state index in [4.69, 9.17) is 19.6 Å². The number of amides is 1. The molecule has 3 aromatic rings. The fraction of sp³-hybridized carbons (Fsp3) is 0.211. The number of aromatic nitrogens is 3. The van der Waals surface area contributed by atoms with Crippen LogP contribution < -0.4 is 20.5 Å². The van der Waals surface area contributed by atoms with E-state index < -0.39 is 11.9 Å². The molecule has 9 nitrogen and oxygen atoms in total. The van der Waals surface area contributed by atoms with E-state index in [2.05, 4.69) is 15.4 Å². The second-order valence-corrected chi connectivity index (χ2v) is 6.22. The number of methoxy groups -OCH3 is 2. The second-order valence-electron chi connectivity index (χ2n) is 6.22. The lowest BCUT2D eigenvalue weighted by Gasteiger charge is -2.28. The van der Waals surface area contributed by atoms with E-state index in [9.17, 15) is 4.79 Å². The zero-order chi connectivity index (χ0) is 19.8. The first kappa shape index (κ1) is 17.7. The zero-order valence-corrected chi connectivity index (χ0v) is 15.6. The predicted octanol–water partition coefficient (Wildman–Crippen LogP) is 2.33. The molecule has 4 rings (SSSR count). The van der Waals surface area contributed by atoms with Crippen molar-refractivity contribution in [3.05, 3.63) is 53.4 Å². The van der Waals surface area contributed by atoms with Crippen LogP contribution in [-0.2, 0) is 4.79 Å². The first-order chi connectivity index (χ1) is 13.5. The molecule has 9 heteroatoms. The van der Waals surface area contributed by atoms with Crippen LogP contribution in [0, 0.1) is 0 Å². The molecule has 0 bridgehead atoms. The maximum Gasteiger partial charge on any atom is 0.248 e. The van der Waals surface area contributed by atoms with Crippen LogP contribution in [0.5, 0.6) is 11.5 Å². The molecule has 2 aromatic heterocycles. The Morgan fingerprint density at radius 3 is 2.75 bits per heavy atom. The van der Waals surface area contributed by atoms with Crippen molar-refractivity contribution >= 4 is 11.9 Å². The molecule has 0 saturated carbocycles. The van der Waals surface area contributed by atoms with Gasteiger partial charge in [0.05, 0.1) is 26.1 Å². The Morgan fingerprint density at radius 1 is 1.29 bits per heavy atom. The van der Waals surface area contributed by atoms with E-state index in [-0.39, 0.29) is 0 Å². The molecule has 0 spiro atoms. The molecule has 1 aliphatic rings. The second kappa shape index (κ2) is 6.76. The normalized spacial score (nSPS) is 15.8. The SMILES string of the molecule is COc1ccc(OC)c(C2C(C(N)=O)=C(C)Nc3nc(-c4ccco4)nn32)c1. The van der Waals surface area contributed by atoms with E-state index in [1.165, 1.54) is 0 Å². The quantitative estimate of drug-likeness (QED) is 0.696. The summed E-state index contributed by atoms with van der Waals surface area (Å²) in [4.78, 5) is 16.8. The maximum atomic E-state index is 12.3. The Kier molecular flexibility index (Phi) is 4.26. The Balaban J connectivity index is 1.95. The van der Waals surface area contributed by atoms with E-state index in [0.29, 0.717) is 45.9 Å². The minimum atomic E-state index is -0.644. The van der Waals surface area contributed by atoms with Crippen LogP contribution in [-0.4, -0.2) is 34.9 Å². The van der Waals surface area contributed by atoms with Crippen LogP contribution in [0.15, 0.2) is 52.3 Å². The van der Waals surface area contributed by atoms with Gasteiger partial charge in [-0.05, 0) is 37.3 Å². The van der Waals surface area contributed by atoms with Gasteiger partial charge in [-0.1, -0.05) is 0 Å². The molecule has 0 aliphatic carbocycles. The third-order valence-electron chi connectivity index (χ3n) is 4.59. The van der Waals surface area contributed by atoms with Crippen molar-refractivity contribution in [1.82, 2.24) is 14.8 Å². The molecule has 0 saturated heterocycles. The van der Waals surface area contributed by atoms with Gasteiger partial charge in [0.15, 0.2) is 5.76 Å². The van der Waals surface area contributed by atoms with E-state index in [1.54, 1.807) is 62.4 Å². The Labute approximate surface area is 160 Å². The van der Waals surface area contributed by atoms with Crippen molar-refractivity contribution < 1.29 is 18.7 Å². The van der Waals surface area contributed by atoms with Gasteiger partial charge in [-0.3, -0.25) is 4.79 Å². The number of fused-ring (bicyclic) bond motifs is 1. The smallest absolute Gasteiger partial charge is 0.248 e. The van der Waals surface area contributed by atoms with E-state index in [0.717, 1.165) is 0 Å². The lowest BCUT2D eigenvalue weighted by Crippen LogP contribution is -2.32. The minimum Gasteiger partial charge on any atom is -0.497 e. The van der Waals surface area contributed by atoms with Crippen molar-refractivity contribution in [2.75, 3.05) is 19.5 Å². The number of ether oxygens (including phenoxy) is 2. The number of benzene rings is 1. The molecule has 0 radical (unpaired) electrons. The number of furan rings is 1. The zero-order valence-electron chi connectivity index (χ0n) is 15.6. The molecule has 28 heavy (non-hydrogen) atoms. The number of nitrogens with zero attached hydrogens (tertiary/aromatic N) is 3. The van der Waals surface area contributed by atoms with Crippen molar-refractivity contribution in [3.8, 4) is 23.1 Å². The number of primary amides is 1. The van der Waals surface area contributed by atoms with Crippen molar-refractivity contribution in [1.29, 1.82) is 0 Å². The molecule has 0 fully saturated rings. The number of nitrogens with one attached hydrogen (secondary N) is 1. The summed E-state index contributed by atoms with van der Waals surface area (Å²) in [6.45, 7) is 1.77. The molecule has 1 aliphatic heterocycles. The summed E-state index contributed by atoms with van der Waals surface area (Å²) in [6, 6.07) is 8.22. The van der Waals surface area contributed by atoms with Crippen LogP contribution in [0.4, 0.5) is 5.95 Å². The van der Waals surface area contributed by atoms with E-state index >= 15 is 0 Å². The molecule has 144 valence electrons. The highest BCUT2D eigenvalue weighted by Crippen LogP contribution is 2.41. The highest BCUT2D eigenvalue weighted by atomic mass is 16.5. The summed E-state index contributed by atoms with van der Waals surface area (Å²) in [7, 11) is 3.13. The first-order valence-electron chi connectivity index (χ1n) is 8.53. The third kappa shape index (κ3) is 2.77. The predicted molar refractivity (Wildman–Crippen MR) is 101 cm³/mol. The highest BCUT2D eigenvalue weighted by molar-refractivity contribution is 5.95. The lowest BCUT2D eigenvalue weighted by atomic mass is 9.94. The standard InChI is InChI=1S/C19H19N5O4/c1-10-15(17(20)25)16(12-9-11(26-2)6-7-13(12)27-3)24-19(21-10)22-18(23-24)14-5-4-8-28-14/h4-9,16H,1-3H3,(H2,20,25)(H,21,22,23). The summed E-state index contributed by atoms with van der Waals surface area (Å²) >= 11 is 0. The first-order valence-corrected chi connectivity index (χ1v) is 8.53. The molecule has 3 heterocycles. The van der Waals surface area contributed by atoms with Gasteiger partial charge in [0.1, 0.15) is 17.5 Å². The lowest BCUT2D eigenvalue weighted by molar-refractivity contribution is -0.115. The number of carbonyl (C=O) groups is 1. The summed E-state index contributed by atoms with van der Waals surface area (Å²) < 4.78 is 17.9. The Hall–Kier alpha value is -3.75. The van der Waals surface area contributed by atoms with Gasteiger partial charge in [0, 0.05) is 11.3 Å².